The van der Waals surface area contributed by atoms with Crippen molar-refractivity contribution >= 4 is 5.82 Å². The van der Waals surface area contributed by atoms with Crippen molar-refractivity contribution in [3.05, 3.63) is 22.2 Å². The number of H-pyrrole nitrogens is 1. The third-order valence-corrected chi connectivity index (χ3v) is 2.80. The summed E-state index contributed by atoms with van der Waals surface area (Å²) in [7, 11) is 4.12. The minimum Gasteiger partial charge on any atom is -0.369 e. The lowest BCUT2D eigenvalue weighted by Crippen LogP contribution is -2.34. The minimum atomic E-state index is -0.105. The minimum absolute atomic E-state index is 0.105. The van der Waals surface area contributed by atoms with Crippen LogP contribution in [-0.2, 0) is 0 Å². The first-order valence-electron chi connectivity index (χ1n) is 6.69. The fraction of sp³-hybridized carbons (Fsp3) is 0.714. The van der Waals surface area contributed by atoms with Gasteiger partial charge in [0, 0.05) is 25.1 Å². The molecule has 108 valence electrons. The quantitative estimate of drug-likeness (QED) is 0.825. The van der Waals surface area contributed by atoms with E-state index in [0.29, 0.717) is 5.82 Å². The second-order valence-corrected chi connectivity index (χ2v) is 6.43. The molecule has 19 heavy (non-hydrogen) atoms. The maximum Gasteiger partial charge on any atom is 0.252 e. The first-order valence-corrected chi connectivity index (χ1v) is 6.69. The molecule has 0 bridgehead atoms. The lowest BCUT2D eigenvalue weighted by atomic mass is 9.93. The molecular weight excluding hydrogens is 240 g/mol. The first-order chi connectivity index (χ1) is 8.69. The van der Waals surface area contributed by atoms with Crippen LogP contribution < -0.4 is 10.9 Å². The second-order valence-electron chi connectivity index (χ2n) is 6.43. The van der Waals surface area contributed by atoms with Crippen molar-refractivity contribution in [2.45, 2.75) is 33.6 Å². The van der Waals surface area contributed by atoms with Gasteiger partial charge in [-0.25, -0.2) is 4.98 Å². The first kappa shape index (κ1) is 15.7. The van der Waals surface area contributed by atoms with Gasteiger partial charge in [0.05, 0.1) is 0 Å². The number of anilines is 1. The average molecular weight is 266 g/mol. The van der Waals surface area contributed by atoms with Gasteiger partial charge in [0.25, 0.3) is 5.56 Å². The molecule has 2 N–H and O–H groups in total. The molecule has 1 aromatic rings. The van der Waals surface area contributed by atoms with E-state index in [-0.39, 0.29) is 16.9 Å². The lowest BCUT2D eigenvalue weighted by Gasteiger charge is -2.28. The highest BCUT2D eigenvalue weighted by atomic mass is 16.1. The molecule has 0 saturated heterocycles. The molecule has 1 heterocycles. The Kier molecular flexibility index (Phi) is 5.11. The number of hydrogen-bond donors (Lipinski definition) is 2. The zero-order chi connectivity index (χ0) is 14.6. The highest BCUT2D eigenvalue weighted by molar-refractivity contribution is 5.33. The van der Waals surface area contributed by atoms with Crippen LogP contribution in [0.1, 0.15) is 39.4 Å². The largest absolute Gasteiger partial charge is 0.369 e. The summed E-state index contributed by atoms with van der Waals surface area (Å²) >= 11 is 0. The Morgan fingerprint density at radius 3 is 2.58 bits per heavy atom. The summed E-state index contributed by atoms with van der Waals surface area (Å²) in [6, 6.07) is 1.51. The molecule has 0 radical (unpaired) electrons. The van der Waals surface area contributed by atoms with E-state index in [4.69, 9.17) is 0 Å². The molecule has 0 unspecified atom stereocenters. The van der Waals surface area contributed by atoms with Gasteiger partial charge in [0.2, 0.25) is 0 Å². The lowest BCUT2D eigenvalue weighted by molar-refractivity contribution is 0.254. The van der Waals surface area contributed by atoms with Gasteiger partial charge < -0.3 is 15.2 Å². The monoisotopic (exact) mass is 266 g/mol. The number of nitrogens with zero attached hydrogens (tertiary/aromatic N) is 2. The normalized spacial score (nSPS) is 12.2. The summed E-state index contributed by atoms with van der Waals surface area (Å²) < 4.78 is 0. The Balaban J connectivity index is 2.75. The molecule has 1 rings (SSSR count). The van der Waals surface area contributed by atoms with Crippen LogP contribution in [0, 0.1) is 5.41 Å². The van der Waals surface area contributed by atoms with E-state index in [2.05, 4.69) is 48.1 Å². The smallest absolute Gasteiger partial charge is 0.252 e. The molecule has 0 aliphatic carbocycles. The Morgan fingerprint density at radius 1 is 1.42 bits per heavy atom. The summed E-state index contributed by atoms with van der Waals surface area (Å²) in [5.41, 5.74) is 0.0119. The Morgan fingerprint density at radius 2 is 2.05 bits per heavy atom. The van der Waals surface area contributed by atoms with Crippen molar-refractivity contribution in [3.8, 4) is 0 Å². The van der Waals surface area contributed by atoms with Crippen molar-refractivity contribution in [1.82, 2.24) is 14.9 Å². The van der Waals surface area contributed by atoms with Gasteiger partial charge in [-0.15, -0.1) is 0 Å². The van der Waals surface area contributed by atoms with E-state index in [1.807, 2.05) is 13.8 Å². The molecule has 1 aromatic heterocycles. The average Bonchev–Trinajstić information content (AvgIpc) is 2.24. The molecule has 0 amide bonds. The zero-order valence-corrected chi connectivity index (χ0v) is 12.9. The van der Waals surface area contributed by atoms with Crippen LogP contribution in [0.2, 0.25) is 0 Å². The summed E-state index contributed by atoms with van der Waals surface area (Å²) in [6.07, 6.45) is 0. The van der Waals surface area contributed by atoms with Gasteiger partial charge in [-0.3, -0.25) is 4.79 Å². The molecule has 5 heteroatoms. The maximum absolute atomic E-state index is 11.6. The van der Waals surface area contributed by atoms with Gasteiger partial charge in [-0.1, -0.05) is 27.7 Å². The molecule has 0 atom stereocenters. The number of hydrogen-bond acceptors (Lipinski definition) is 4. The molecule has 0 aliphatic rings. The van der Waals surface area contributed by atoms with Gasteiger partial charge in [-0.2, -0.15) is 0 Å². The number of nitrogens with one attached hydrogen (secondary N) is 2. The third-order valence-electron chi connectivity index (χ3n) is 2.80. The van der Waals surface area contributed by atoms with Crippen LogP contribution in [0.3, 0.4) is 0 Å². The van der Waals surface area contributed by atoms with Gasteiger partial charge in [0.1, 0.15) is 11.6 Å². The second kappa shape index (κ2) is 6.19. The Bertz CT molecular complexity index is 463. The van der Waals surface area contributed by atoms with E-state index >= 15 is 0 Å². The fourth-order valence-electron chi connectivity index (χ4n) is 2.08. The van der Waals surface area contributed by atoms with E-state index < -0.39 is 0 Å². The molecule has 0 spiro atoms. The highest BCUT2D eigenvalue weighted by Gasteiger charge is 2.19. The molecule has 0 saturated carbocycles. The highest BCUT2D eigenvalue weighted by Crippen LogP contribution is 2.17. The summed E-state index contributed by atoms with van der Waals surface area (Å²) in [4.78, 5) is 20.9. The predicted octanol–water partition coefficient (Wildman–Crippen LogP) is 1.89. The number of rotatable bonds is 6. The van der Waals surface area contributed by atoms with E-state index in [1.165, 1.54) is 6.07 Å². The van der Waals surface area contributed by atoms with Crippen molar-refractivity contribution in [2.24, 2.45) is 5.41 Å². The van der Waals surface area contributed by atoms with Crippen molar-refractivity contribution in [3.63, 3.8) is 0 Å². The van der Waals surface area contributed by atoms with Gasteiger partial charge >= 0.3 is 0 Å². The van der Waals surface area contributed by atoms with Crippen molar-refractivity contribution in [1.29, 1.82) is 0 Å². The third kappa shape index (κ3) is 5.42. The molecule has 5 nitrogen and oxygen atoms in total. The molecule has 0 fully saturated rings. The standard InChI is InChI=1S/C14H26N4O/c1-10(2)13-16-11(7-12(19)17-13)15-8-14(3,4)9-18(5)6/h7,10H,8-9H2,1-6H3,(H2,15,16,17,19). The van der Waals surface area contributed by atoms with Crippen LogP contribution in [0.5, 0.6) is 0 Å². The molecular formula is C14H26N4O. The van der Waals surface area contributed by atoms with E-state index in [1.54, 1.807) is 0 Å². The van der Waals surface area contributed by atoms with Gasteiger partial charge in [-0.05, 0) is 19.5 Å². The SMILES string of the molecule is CC(C)c1nc(NCC(C)(C)CN(C)C)cc(=O)[nH]1. The summed E-state index contributed by atoms with van der Waals surface area (Å²) in [5, 5.41) is 3.27. The number of aromatic amines is 1. The van der Waals surface area contributed by atoms with Crippen molar-refractivity contribution < 1.29 is 0 Å². The molecule has 0 aromatic carbocycles. The van der Waals surface area contributed by atoms with Crippen molar-refractivity contribution in [2.75, 3.05) is 32.5 Å². The van der Waals surface area contributed by atoms with E-state index in [0.717, 1.165) is 18.9 Å². The van der Waals surface area contributed by atoms with Crippen LogP contribution >= 0.6 is 0 Å². The number of aromatic nitrogens is 2. The zero-order valence-electron chi connectivity index (χ0n) is 12.9. The van der Waals surface area contributed by atoms with Gasteiger partial charge in [0.15, 0.2) is 0 Å². The fourth-order valence-corrected chi connectivity index (χ4v) is 2.08. The molecule has 0 aliphatic heterocycles. The Labute approximate surface area is 115 Å². The predicted molar refractivity (Wildman–Crippen MR) is 79.8 cm³/mol. The van der Waals surface area contributed by atoms with Crippen LogP contribution in [-0.4, -0.2) is 42.1 Å². The topological polar surface area (TPSA) is 61.0 Å². The summed E-state index contributed by atoms with van der Waals surface area (Å²) in [6.45, 7) is 10.2. The Hall–Kier alpha value is -1.36. The summed E-state index contributed by atoms with van der Waals surface area (Å²) in [5.74, 6) is 1.59. The van der Waals surface area contributed by atoms with Crippen LogP contribution in [0.25, 0.3) is 0 Å². The maximum atomic E-state index is 11.6. The van der Waals surface area contributed by atoms with E-state index in [9.17, 15) is 4.79 Å². The van der Waals surface area contributed by atoms with Crippen LogP contribution in [0.15, 0.2) is 10.9 Å². The van der Waals surface area contributed by atoms with Crippen LogP contribution in [0.4, 0.5) is 5.82 Å².